The zero-order valence-electron chi connectivity index (χ0n) is 11.7. The van der Waals surface area contributed by atoms with Gasteiger partial charge < -0.3 is 14.5 Å². The summed E-state index contributed by atoms with van der Waals surface area (Å²) >= 11 is 0. The van der Waals surface area contributed by atoms with Gasteiger partial charge in [0.2, 0.25) is 17.8 Å². The fraction of sp³-hybridized carbons (Fsp3) is 0.364. The number of aromatic amines is 1. The smallest absolute Gasteiger partial charge is 0.330 e. The van der Waals surface area contributed by atoms with Crippen LogP contribution < -0.4 is 20.1 Å². The molecule has 0 unspecified atom stereocenters. The molecular formula is C11H15N7O2. The van der Waals surface area contributed by atoms with Crippen LogP contribution in [0.4, 0.5) is 11.9 Å². The van der Waals surface area contributed by atoms with Gasteiger partial charge >= 0.3 is 6.01 Å². The summed E-state index contributed by atoms with van der Waals surface area (Å²) in [7, 11) is 7.27. The van der Waals surface area contributed by atoms with Crippen LogP contribution in [0.3, 0.4) is 0 Å². The number of H-pyrrole nitrogens is 1. The third kappa shape index (κ3) is 3.19. The van der Waals surface area contributed by atoms with Crippen LogP contribution in [0.5, 0.6) is 11.9 Å². The normalized spacial score (nSPS) is 10.2. The minimum absolute atomic E-state index is 0.104. The van der Waals surface area contributed by atoms with Crippen molar-refractivity contribution in [1.29, 1.82) is 0 Å². The van der Waals surface area contributed by atoms with Crippen LogP contribution >= 0.6 is 0 Å². The van der Waals surface area contributed by atoms with Crippen molar-refractivity contribution in [3.8, 4) is 11.9 Å². The summed E-state index contributed by atoms with van der Waals surface area (Å²) in [5, 5.41) is 6.01. The molecule has 0 spiro atoms. The molecule has 0 bridgehead atoms. The maximum absolute atomic E-state index is 10.9. The van der Waals surface area contributed by atoms with E-state index in [2.05, 4.69) is 25.1 Å². The molecule has 0 fully saturated rings. The van der Waals surface area contributed by atoms with Crippen LogP contribution in [0.1, 0.15) is 0 Å². The summed E-state index contributed by atoms with van der Waals surface area (Å²) in [5.74, 6) is 1.12. The standard InChI is InChI=1S/C11H15N7O2/c1-17(2)9-12-10(18(3)4)14-11(13-9)20-8-6-5-7(19)15-16-8/h5-6H,1-4H3,(H,15,19). The molecule has 0 radical (unpaired) electrons. The Hall–Kier alpha value is -2.71. The van der Waals surface area contributed by atoms with Crippen molar-refractivity contribution in [2.24, 2.45) is 0 Å². The number of hydrogen-bond donors (Lipinski definition) is 1. The molecule has 2 aromatic heterocycles. The van der Waals surface area contributed by atoms with Gasteiger partial charge in [-0.1, -0.05) is 0 Å². The van der Waals surface area contributed by atoms with E-state index in [4.69, 9.17) is 4.74 Å². The molecule has 0 amide bonds. The monoisotopic (exact) mass is 277 g/mol. The average Bonchev–Trinajstić information content (AvgIpc) is 2.41. The number of nitrogens with zero attached hydrogens (tertiary/aromatic N) is 6. The molecule has 0 saturated heterocycles. The van der Waals surface area contributed by atoms with Gasteiger partial charge in [-0.05, 0) is 0 Å². The van der Waals surface area contributed by atoms with Gasteiger partial charge in [0.15, 0.2) is 0 Å². The van der Waals surface area contributed by atoms with Crippen molar-refractivity contribution in [2.75, 3.05) is 38.0 Å². The Labute approximate surface area is 115 Å². The summed E-state index contributed by atoms with van der Waals surface area (Å²) < 4.78 is 5.42. The zero-order chi connectivity index (χ0) is 14.7. The SMILES string of the molecule is CN(C)c1nc(Oc2ccc(=O)[nH]n2)nc(N(C)C)n1. The third-order valence-electron chi connectivity index (χ3n) is 2.24. The molecule has 0 aliphatic heterocycles. The highest BCUT2D eigenvalue weighted by atomic mass is 16.5. The fourth-order valence-electron chi connectivity index (χ4n) is 1.26. The van der Waals surface area contributed by atoms with E-state index in [0.29, 0.717) is 11.9 Å². The van der Waals surface area contributed by atoms with Crippen LogP contribution in [0.2, 0.25) is 0 Å². The third-order valence-corrected chi connectivity index (χ3v) is 2.24. The van der Waals surface area contributed by atoms with E-state index < -0.39 is 0 Å². The molecule has 0 saturated carbocycles. The van der Waals surface area contributed by atoms with Crippen LogP contribution in [0.15, 0.2) is 16.9 Å². The van der Waals surface area contributed by atoms with Gasteiger partial charge in [0.05, 0.1) is 0 Å². The summed E-state index contributed by atoms with van der Waals surface area (Å²) in [5.41, 5.74) is -0.309. The lowest BCUT2D eigenvalue weighted by atomic mass is 10.6. The lowest BCUT2D eigenvalue weighted by molar-refractivity contribution is 0.416. The Bertz CT molecular complexity index is 607. The summed E-state index contributed by atoms with van der Waals surface area (Å²) in [6.45, 7) is 0. The molecule has 20 heavy (non-hydrogen) atoms. The lowest BCUT2D eigenvalue weighted by Gasteiger charge is -2.15. The fourth-order valence-corrected chi connectivity index (χ4v) is 1.26. The minimum atomic E-state index is -0.309. The second kappa shape index (κ2) is 5.51. The van der Waals surface area contributed by atoms with Crippen molar-refractivity contribution in [1.82, 2.24) is 25.1 Å². The van der Waals surface area contributed by atoms with Gasteiger partial charge in [0.1, 0.15) is 0 Å². The highest BCUT2D eigenvalue weighted by Crippen LogP contribution is 2.18. The van der Waals surface area contributed by atoms with E-state index in [1.54, 1.807) is 9.80 Å². The highest BCUT2D eigenvalue weighted by molar-refractivity contribution is 5.38. The largest absolute Gasteiger partial charge is 0.403 e. The number of rotatable bonds is 4. The quantitative estimate of drug-likeness (QED) is 0.825. The van der Waals surface area contributed by atoms with Crippen molar-refractivity contribution >= 4 is 11.9 Å². The highest BCUT2D eigenvalue weighted by Gasteiger charge is 2.11. The molecule has 106 valence electrons. The van der Waals surface area contributed by atoms with Crippen molar-refractivity contribution < 1.29 is 4.74 Å². The molecule has 1 N–H and O–H groups in total. The van der Waals surface area contributed by atoms with Crippen LogP contribution in [-0.2, 0) is 0 Å². The molecular weight excluding hydrogens is 262 g/mol. The van der Waals surface area contributed by atoms with Gasteiger partial charge in [-0.2, -0.15) is 15.0 Å². The zero-order valence-corrected chi connectivity index (χ0v) is 11.7. The Morgan fingerprint density at radius 3 is 2.05 bits per heavy atom. The second-order valence-corrected chi connectivity index (χ2v) is 4.37. The summed E-state index contributed by atoms with van der Waals surface area (Å²) in [4.78, 5) is 27.0. The molecule has 0 aliphatic rings. The number of hydrogen-bond acceptors (Lipinski definition) is 8. The minimum Gasteiger partial charge on any atom is -0.403 e. The first kappa shape index (κ1) is 13.7. The van der Waals surface area contributed by atoms with E-state index in [9.17, 15) is 4.79 Å². The van der Waals surface area contributed by atoms with Crippen molar-refractivity contribution in [3.05, 3.63) is 22.5 Å². The first-order chi connectivity index (χ1) is 9.45. The summed E-state index contributed by atoms with van der Waals surface area (Å²) in [6, 6.07) is 2.85. The average molecular weight is 277 g/mol. The number of nitrogens with one attached hydrogen (secondary N) is 1. The Morgan fingerprint density at radius 2 is 1.60 bits per heavy atom. The molecule has 0 aliphatic carbocycles. The van der Waals surface area contributed by atoms with Crippen LogP contribution in [0, 0.1) is 0 Å². The van der Waals surface area contributed by atoms with Crippen molar-refractivity contribution in [2.45, 2.75) is 0 Å². The summed E-state index contributed by atoms with van der Waals surface area (Å²) in [6.07, 6.45) is 0. The van der Waals surface area contributed by atoms with Crippen LogP contribution in [0.25, 0.3) is 0 Å². The maximum atomic E-state index is 10.9. The van der Waals surface area contributed by atoms with Gasteiger partial charge in [0, 0.05) is 40.3 Å². The molecule has 0 atom stereocenters. The lowest BCUT2D eigenvalue weighted by Crippen LogP contribution is -2.19. The van der Waals surface area contributed by atoms with E-state index in [0.717, 1.165) is 0 Å². The predicted octanol–water partition coefficient (Wildman–Crippen LogP) is -0.121. The van der Waals surface area contributed by atoms with Crippen molar-refractivity contribution in [3.63, 3.8) is 0 Å². The molecule has 2 heterocycles. The first-order valence-corrected chi connectivity index (χ1v) is 5.80. The topological polar surface area (TPSA) is 100 Å². The van der Waals surface area contributed by atoms with E-state index in [1.165, 1.54) is 12.1 Å². The molecule has 0 aromatic carbocycles. The van der Waals surface area contributed by atoms with E-state index in [1.807, 2.05) is 28.2 Å². The van der Waals surface area contributed by atoms with Crippen LogP contribution in [-0.4, -0.2) is 53.3 Å². The second-order valence-electron chi connectivity index (χ2n) is 4.37. The molecule has 9 nitrogen and oxygen atoms in total. The predicted molar refractivity (Wildman–Crippen MR) is 73.4 cm³/mol. The molecule has 9 heteroatoms. The number of anilines is 2. The Morgan fingerprint density at radius 1 is 1.00 bits per heavy atom. The Balaban J connectivity index is 2.35. The first-order valence-electron chi connectivity index (χ1n) is 5.80. The van der Waals surface area contributed by atoms with Gasteiger partial charge in [-0.15, -0.1) is 5.10 Å². The number of ether oxygens (including phenoxy) is 1. The van der Waals surface area contributed by atoms with E-state index in [-0.39, 0.29) is 17.4 Å². The van der Waals surface area contributed by atoms with Gasteiger partial charge in [0.25, 0.3) is 5.56 Å². The Kier molecular flexibility index (Phi) is 3.78. The van der Waals surface area contributed by atoms with Gasteiger partial charge in [-0.25, -0.2) is 5.10 Å². The van der Waals surface area contributed by atoms with E-state index >= 15 is 0 Å². The maximum Gasteiger partial charge on any atom is 0.330 e. The number of aromatic nitrogens is 5. The molecule has 2 aromatic rings. The molecule has 2 rings (SSSR count). The van der Waals surface area contributed by atoms with Gasteiger partial charge in [-0.3, -0.25) is 4.79 Å².